The normalized spacial score (nSPS) is 9.00. The largest absolute Gasteiger partial charge is 0.299 e. The van der Waals surface area contributed by atoms with Crippen molar-refractivity contribution in [3.05, 3.63) is 12.7 Å². The van der Waals surface area contributed by atoms with Crippen molar-refractivity contribution in [3.63, 3.8) is 0 Å². The highest BCUT2D eigenvalue weighted by Gasteiger charge is 1.96. The minimum absolute atomic E-state index is 0.322. The van der Waals surface area contributed by atoms with E-state index < -0.39 is 0 Å². The topological polar surface area (TPSA) is 17.1 Å². The van der Waals surface area contributed by atoms with Crippen LogP contribution in [0.2, 0.25) is 0 Å². The number of hydrogen-bond donors (Lipinski definition) is 0. The van der Waals surface area contributed by atoms with Crippen LogP contribution >= 0.6 is 11.8 Å². The monoisotopic (exact) mass is 144 g/mol. The summed E-state index contributed by atoms with van der Waals surface area (Å²) < 4.78 is 0. The molecule has 0 aromatic rings. The molecule has 0 aromatic heterocycles. The molecule has 0 amide bonds. The summed E-state index contributed by atoms with van der Waals surface area (Å²) in [7, 11) is 0. The zero-order chi connectivity index (χ0) is 7.11. The van der Waals surface area contributed by atoms with E-state index in [1.54, 1.807) is 17.8 Å². The van der Waals surface area contributed by atoms with E-state index in [0.717, 1.165) is 6.42 Å². The molecule has 0 atom stereocenters. The lowest BCUT2D eigenvalue weighted by Gasteiger charge is -1.92. The van der Waals surface area contributed by atoms with E-state index in [1.807, 2.05) is 6.26 Å². The van der Waals surface area contributed by atoms with Crippen LogP contribution < -0.4 is 0 Å². The van der Waals surface area contributed by atoms with Crippen molar-refractivity contribution in [1.29, 1.82) is 0 Å². The Labute approximate surface area is 60.5 Å². The van der Waals surface area contributed by atoms with Crippen molar-refractivity contribution >= 4 is 17.5 Å². The minimum Gasteiger partial charge on any atom is -0.299 e. The van der Waals surface area contributed by atoms with Gasteiger partial charge in [-0.2, -0.15) is 11.8 Å². The van der Waals surface area contributed by atoms with Crippen LogP contribution in [0.5, 0.6) is 0 Å². The second-order valence-corrected chi connectivity index (χ2v) is 2.67. The summed E-state index contributed by atoms with van der Waals surface area (Å²) in [5.74, 6) is 0.968. The van der Waals surface area contributed by atoms with Crippen LogP contribution in [0.1, 0.15) is 12.8 Å². The molecule has 0 aliphatic rings. The summed E-state index contributed by atoms with van der Waals surface area (Å²) in [6, 6.07) is 0. The van der Waals surface area contributed by atoms with Crippen molar-refractivity contribution in [2.45, 2.75) is 12.8 Å². The molecule has 0 unspecified atom stereocenters. The number of rotatable bonds is 5. The molecule has 2 heteroatoms. The van der Waals surface area contributed by atoms with Gasteiger partial charge < -0.3 is 0 Å². The fraction of sp³-hybridized carbons (Fsp3) is 0.571. The zero-order valence-corrected chi connectivity index (χ0v) is 6.54. The van der Waals surface area contributed by atoms with Gasteiger partial charge in [0.1, 0.15) is 5.78 Å². The molecule has 0 rings (SSSR count). The molecule has 0 heterocycles. The molecule has 0 saturated heterocycles. The Hall–Kier alpha value is -0.240. The average Bonchev–Trinajstić information content (AvgIpc) is 1.85. The van der Waals surface area contributed by atoms with Gasteiger partial charge >= 0.3 is 0 Å². The molecular weight excluding hydrogens is 132 g/mol. The maximum atomic E-state index is 10.7. The Balaban J connectivity index is 3.16. The maximum absolute atomic E-state index is 10.7. The van der Waals surface area contributed by atoms with Gasteiger partial charge in [-0.05, 0) is 12.7 Å². The SMILES string of the molecule is C=CCCC(=O)CSC. The predicted molar refractivity (Wildman–Crippen MR) is 42.8 cm³/mol. The summed E-state index contributed by atoms with van der Waals surface area (Å²) in [5, 5.41) is 0. The summed E-state index contributed by atoms with van der Waals surface area (Å²) >= 11 is 1.58. The molecular formula is C7H12OS. The van der Waals surface area contributed by atoms with Crippen LogP contribution in [-0.2, 0) is 4.79 Å². The first-order valence-electron chi connectivity index (χ1n) is 2.92. The van der Waals surface area contributed by atoms with Gasteiger partial charge in [-0.1, -0.05) is 6.08 Å². The van der Waals surface area contributed by atoms with Crippen LogP contribution in [0.4, 0.5) is 0 Å². The molecule has 1 nitrogen and oxygen atoms in total. The van der Waals surface area contributed by atoms with Crippen LogP contribution in [-0.4, -0.2) is 17.8 Å². The lowest BCUT2D eigenvalue weighted by atomic mass is 10.2. The van der Waals surface area contributed by atoms with Gasteiger partial charge in [0.15, 0.2) is 0 Å². The summed E-state index contributed by atoms with van der Waals surface area (Å²) in [5.41, 5.74) is 0. The number of hydrogen-bond acceptors (Lipinski definition) is 2. The highest BCUT2D eigenvalue weighted by atomic mass is 32.2. The van der Waals surface area contributed by atoms with Crippen LogP contribution in [0.25, 0.3) is 0 Å². The molecule has 0 aliphatic heterocycles. The third kappa shape index (κ3) is 5.63. The van der Waals surface area contributed by atoms with E-state index in [1.165, 1.54) is 0 Å². The first kappa shape index (κ1) is 8.76. The van der Waals surface area contributed by atoms with Gasteiger partial charge in [0.2, 0.25) is 0 Å². The Morgan fingerprint density at radius 3 is 2.89 bits per heavy atom. The molecule has 0 saturated carbocycles. The fourth-order valence-electron chi connectivity index (χ4n) is 0.496. The van der Waals surface area contributed by atoms with Gasteiger partial charge in [-0.3, -0.25) is 4.79 Å². The first-order chi connectivity index (χ1) is 4.31. The highest BCUT2D eigenvalue weighted by molar-refractivity contribution is 7.99. The Morgan fingerprint density at radius 2 is 2.44 bits per heavy atom. The molecule has 0 fully saturated rings. The van der Waals surface area contributed by atoms with Crippen molar-refractivity contribution < 1.29 is 4.79 Å². The molecule has 9 heavy (non-hydrogen) atoms. The number of ketones is 1. The Bertz CT molecular complexity index is 99.1. The molecule has 52 valence electrons. The van der Waals surface area contributed by atoms with E-state index in [4.69, 9.17) is 0 Å². The van der Waals surface area contributed by atoms with Crippen LogP contribution in [0.3, 0.4) is 0 Å². The summed E-state index contributed by atoms with van der Waals surface area (Å²) in [6.45, 7) is 3.53. The average molecular weight is 144 g/mol. The number of Topliss-reactive ketones (excluding diaryl/α,β-unsaturated/α-hetero) is 1. The zero-order valence-electron chi connectivity index (χ0n) is 5.72. The van der Waals surface area contributed by atoms with Gasteiger partial charge in [-0.15, -0.1) is 6.58 Å². The second kappa shape index (κ2) is 5.89. The van der Waals surface area contributed by atoms with E-state index in [2.05, 4.69) is 6.58 Å². The van der Waals surface area contributed by atoms with E-state index >= 15 is 0 Å². The maximum Gasteiger partial charge on any atom is 0.143 e. The molecule has 0 aliphatic carbocycles. The third-order valence-electron chi connectivity index (χ3n) is 0.933. The first-order valence-corrected chi connectivity index (χ1v) is 4.32. The van der Waals surface area contributed by atoms with E-state index in [0.29, 0.717) is 18.0 Å². The van der Waals surface area contributed by atoms with Gasteiger partial charge in [-0.25, -0.2) is 0 Å². The van der Waals surface area contributed by atoms with Gasteiger partial charge in [0.25, 0.3) is 0 Å². The summed E-state index contributed by atoms with van der Waals surface area (Å²) in [4.78, 5) is 10.7. The quantitative estimate of drug-likeness (QED) is 0.548. The molecule has 0 N–H and O–H groups in total. The Kier molecular flexibility index (Phi) is 5.73. The number of carbonyl (C=O) groups is 1. The molecule has 0 spiro atoms. The summed E-state index contributed by atoms with van der Waals surface area (Å²) in [6.07, 6.45) is 5.19. The highest BCUT2D eigenvalue weighted by Crippen LogP contribution is 1.97. The van der Waals surface area contributed by atoms with Crippen LogP contribution in [0.15, 0.2) is 12.7 Å². The van der Waals surface area contributed by atoms with Crippen molar-refractivity contribution in [3.8, 4) is 0 Å². The van der Waals surface area contributed by atoms with Crippen molar-refractivity contribution in [1.82, 2.24) is 0 Å². The molecule has 0 aromatic carbocycles. The van der Waals surface area contributed by atoms with Gasteiger partial charge in [0, 0.05) is 6.42 Å². The molecule has 0 bridgehead atoms. The lowest BCUT2D eigenvalue weighted by molar-refractivity contribution is -0.116. The second-order valence-electron chi connectivity index (χ2n) is 1.80. The number of thioether (sulfide) groups is 1. The van der Waals surface area contributed by atoms with E-state index in [-0.39, 0.29) is 0 Å². The standard InChI is InChI=1S/C7H12OS/c1-3-4-5-7(8)6-9-2/h3H,1,4-6H2,2H3. The molecule has 0 radical (unpaired) electrons. The van der Waals surface area contributed by atoms with Gasteiger partial charge in [0.05, 0.1) is 5.75 Å². The van der Waals surface area contributed by atoms with Crippen molar-refractivity contribution in [2.24, 2.45) is 0 Å². The fourth-order valence-corrected chi connectivity index (χ4v) is 0.963. The number of allylic oxidation sites excluding steroid dienone is 1. The third-order valence-corrected chi connectivity index (χ3v) is 1.54. The van der Waals surface area contributed by atoms with Crippen molar-refractivity contribution in [2.75, 3.05) is 12.0 Å². The number of carbonyl (C=O) groups excluding carboxylic acids is 1. The smallest absolute Gasteiger partial charge is 0.143 e. The predicted octanol–water partition coefficient (Wildman–Crippen LogP) is 1.88. The Morgan fingerprint density at radius 1 is 1.78 bits per heavy atom. The lowest BCUT2D eigenvalue weighted by Crippen LogP contribution is -1.98. The minimum atomic E-state index is 0.322. The van der Waals surface area contributed by atoms with E-state index in [9.17, 15) is 4.79 Å². The van der Waals surface area contributed by atoms with Crippen LogP contribution in [0, 0.1) is 0 Å².